The van der Waals surface area contributed by atoms with Crippen LogP contribution in [0.15, 0.2) is 77.7 Å². The first-order valence-corrected chi connectivity index (χ1v) is 13.2. The van der Waals surface area contributed by atoms with Gasteiger partial charge in [-0.15, -0.1) is 11.8 Å². The second-order valence-electron chi connectivity index (χ2n) is 9.37. The first-order valence-electron chi connectivity index (χ1n) is 12.2. The molecule has 1 aliphatic carbocycles. The van der Waals surface area contributed by atoms with Gasteiger partial charge in [0, 0.05) is 10.6 Å². The van der Waals surface area contributed by atoms with Crippen LogP contribution in [0.25, 0.3) is 11.1 Å². The number of rotatable bonds is 7. The summed E-state index contributed by atoms with van der Waals surface area (Å²) in [5, 5.41) is 0. The van der Waals surface area contributed by atoms with E-state index in [1.165, 1.54) is 21.6 Å². The predicted octanol–water partition coefficient (Wildman–Crippen LogP) is 6.74. The maximum absolute atomic E-state index is 12.1. The SMILES string of the molecule is CC(Oc1ccc(/C(=C2/CCSc3ccccc32)c2ccc(OC(=O)C3CC3)cc2)cc1)N(C)C. The van der Waals surface area contributed by atoms with Crippen molar-refractivity contribution in [1.29, 1.82) is 0 Å². The molecule has 1 fully saturated rings. The summed E-state index contributed by atoms with van der Waals surface area (Å²) in [4.78, 5) is 15.5. The Balaban J connectivity index is 1.53. The standard InChI is InChI=1S/C30H31NO3S/c1-20(31(2)3)33-24-14-10-21(11-15-24)29(27-18-19-35-28-7-5-4-6-26(27)28)22-12-16-25(17-13-22)34-30(32)23-8-9-23/h4-7,10-17,20,23H,8-9,18-19H2,1-3H3/b29-27+. The number of benzene rings is 3. The third-order valence-electron chi connectivity index (χ3n) is 6.57. The smallest absolute Gasteiger partial charge is 0.314 e. The predicted molar refractivity (Wildman–Crippen MR) is 143 cm³/mol. The van der Waals surface area contributed by atoms with Gasteiger partial charge < -0.3 is 9.47 Å². The fourth-order valence-electron chi connectivity index (χ4n) is 4.23. The molecule has 5 heteroatoms. The van der Waals surface area contributed by atoms with Gasteiger partial charge in [-0.3, -0.25) is 9.69 Å². The summed E-state index contributed by atoms with van der Waals surface area (Å²) < 4.78 is 11.6. The lowest BCUT2D eigenvalue weighted by molar-refractivity contribution is -0.135. The van der Waals surface area contributed by atoms with Crippen molar-refractivity contribution in [3.8, 4) is 11.5 Å². The number of ether oxygens (including phenoxy) is 2. The average Bonchev–Trinajstić information content (AvgIpc) is 3.72. The first kappa shape index (κ1) is 23.7. The Morgan fingerprint density at radius 1 is 0.914 bits per heavy atom. The lowest BCUT2D eigenvalue weighted by atomic mass is 9.88. The van der Waals surface area contributed by atoms with Crippen molar-refractivity contribution in [1.82, 2.24) is 4.90 Å². The van der Waals surface area contributed by atoms with Crippen LogP contribution in [0.4, 0.5) is 0 Å². The minimum Gasteiger partial charge on any atom is -0.475 e. The lowest BCUT2D eigenvalue weighted by Crippen LogP contribution is -2.30. The third-order valence-corrected chi connectivity index (χ3v) is 7.65. The van der Waals surface area contributed by atoms with Crippen molar-refractivity contribution >= 4 is 28.9 Å². The van der Waals surface area contributed by atoms with Crippen LogP contribution in [0.2, 0.25) is 0 Å². The Morgan fingerprint density at radius 2 is 1.54 bits per heavy atom. The van der Waals surface area contributed by atoms with Gasteiger partial charge in [0.2, 0.25) is 0 Å². The van der Waals surface area contributed by atoms with E-state index < -0.39 is 0 Å². The van der Waals surface area contributed by atoms with E-state index in [1.807, 2.05) is 61.9 Å². The van der Waals surface area contributed by atoms with Crippen LogP contribution in [0.3, 0.4) is 0 Å². The highest BCUT2D eigenvalue weighted by Crippen LogP contribution is 2.43. The van der Waals surface area contributed by atoms with E-state index >= 15 is 0 Å². The molecule has 1 aliphatic heterocycles. The summed E-state index contributed by atoms with van der Waals surface area (Å²) in [6, 6.07) is 25.0. The van der Waals surface area contributed by atoms with E-state index in [4.69, 9.17) is 9.47 Å². The van der Waals surface area contributed by atoms with Crippen molar-refractivity contribution in [3.05, 3.63) is 89.5 Å². The molecule has 3 aromatic rings. The Kier molecular flexibility index (Phi) is 6.98. The molecule has 0 bridgehead atoms. The van der Waals surface area contributed by atoms with Crippen molar-refractivity contribution in [2.24, 2.45) is 5.92 Å². The summed E-state index contributed by atoms with van der Waals surface area (Å²) in [5.41, 5.74) is 6.12. The molecule has 0 spiro atoms. The molecule has 3 aromatic carbocycles. The molecular weight excluding hydrogens is 454 g/mol. The van der Waals surface area contributed by atoms with Crippen LogP contribution >= 0.6 is 11.8 Å². The second kappa shape index (κ2) is 10.3. The lowest BCUT2D eigenvalue weighted by Gasteiger charge is -2.24. The summed E-state index contributed by atoms with van der Waals surface area (Å²) in [6.07, 6.45) is 2.87. The van der Waals surface area contributed by atoms with Crippen molar-refractivity contribution < 1.29 is 14.3 Å². The fraction of sp³-hybridized carbons (Fsp3) is 0.300. The Bertz CT molecular complexity index is 1230. The zero-order valence-electron chi connectivity index (χ0n) is 20.5. The molecule has 1 heterocycles. The highest BCUT2D eigenvalue weighted by molar-refractivity contribution is 7.99. The molecule has 1 saturated carbocycles. The van der Waals surface area contributed by atoms with Gasteiger partial charge in [0.1, 0.15) is 17.7 Å². The van der Waals surface area contributed by atoms with Gasteiger partial charge >= 0.3 is 5.97 Å². The topological polar surface area (TPSA) is 38.8 Å². The number of allylic oxidation sites excluding steroid dienone is 1. The van der Waals surface area contributed by atoms with Gasteiger partial charge in [-0.25, -0.2) is 0 Å². The number of hydrogen-bond donors (Lipinski definition) is 0. The van der Waals surface area contributed by atoms with E-state index in [1.54, 1.807) is 0 Å². The average molecular weight is 486 g/mol. The molecule has 0 N–H and O–H groups in total. The molecule has 5 rings (SSSR count). The molecule has 0 aromatic heterocycles. The van der Waals surface area contributed by atoms with Crippen LogP contribution in [0, 0.1) is 5.92 Å². The largest absolute Gasteiger partial charge is 0.475 e. The molecule has 0 amide bonds. The van der Waals surface area contributed by atoms with Gasteiger partial charge in [-0.05, 0) is 98.4 Å². The zero-order valence-corrected chi connectivity index (χ0v) is 21.3. The number of carbonyl (C=O) groups is 1. The van der Waals surface area contributed by atoms with Crippen LogP contribution < -0.4 is 9.47 Å². The molecule has 180 valence electrons. The molecule has 0 radical (unpaired) electrons. The van der Waals surface area contributed by atoms with Gasteiger partial charge in [0.05, 0.1) is 5.92 Å². The van der Waals surface area contributed by atoms with Crippen molar-refractivity contribution in [3.63, 3.8) is 0 Å². The van der Waals surface area contributed by atoms with Crippen molar-refractivity contribution in [2.75, 3.05) is 19.8 Å². The van der Waals surface area contributed by atoms with Gasteiger partial charge in [-0.1, -0.05) is 42.5 Å². The van der Waals surface area contributed by atoms with E-state index in [2.05, 4.69) is 48.5 Å². The minimum atomic E-state index is -0.114. The number of fused-ring (bicyclic) bond motifs is 1. The molecular formula is C30H31NO3S. The number of thioether (sulfide) groups is 1. The number of nitrogens with zero attached hydrogens (tertiary/aromatic N) is 1. The summed E-state index contributed by atoms with van der Waals surface area (Å²) in [7, 11) is 4.01. The van der Waals surface area contributed by atoms with Crippen molar-refractivity contribution in [2.45, 2.75) is 37.3 Å². The Hall–Kier alpha value is -3.02. The normalized spacial score (nSPS) is 17.5. The van der Waals surface area contributed by atoms with E-state index in [-0.39, 0.29) is 18.1 Å². The monoisotopic (exact) mass is 485 g/mol. The third kappa shape index (κ3) is 5.47. The molecule has 4 nitrogen and oxygen atoms in total. The summed E-state index contributed by atoms with van der Waals surface area (Å²) in [6.45, 7) is 2.04. The van der Waals surface area contributed by atoms with Crippen LogP contribution in [0.5, 0.6) is 11.5 Å². The molecule has 35 heavy (non-hydrogen) atoms. The minimum absolute atomic E-state index is 0.00758. The van der Waals surface area contributed by atoms with Gasteiger partial charge in [0.15, 0.2) is 0 Å². The molecule has 1 unspecified atom stereocenters. The highest BCUT2D eigenvalue weighted by atomic mass is 32.2. The molecule has 0 saturated heterocycles. The first-order chi connectivity index (χ1) is 17.0. The quantitative estimate of drug-likeness (QED) is 0.210. The Labute approximate surface area is 211 Å². The number of esters is 1. The maximum atomic E-state index is 12.1. The number of hydrogen-bond acceptors (Lipinski definition) is 5. The number of carbonyl (C=O) groups excluding carboxylic acids is 1. The van der Waals surface area contributed by atoms with E-state index in [0.717, 1.165) is 41.9 Å². The highest BCUT2D eigenvalue weighted by Gasteiger charge is 2.31. The molecule has 1 atom stereocenters. The zero-order chi connectivity index (χ0) is 24.4. The Morgan fingerprint density at radius 3 is 2.17 bits per heavy atom. The summed E-state index contributed by atoms with van der Waals surface area (Å²) >= 11 is 1.91. The maximum Gasteiger partial charge on any atom is 0.314 e. The van der Waals surface area contributed by atoms with Crippen LogP contribution in [0.1, 0.15) is 42.9 Å². The summed E-state index contributed by atoms with van der Waals surface area (Å²) in [5.74, 6) is 2.47. The fourth-order valence-corrected chi connectivity index (χ4v) is 5.27. The van der Waals surface area contributed by atoms with Crippen LogP contribution in [-0.4, -0.2) is 36.9 Å². The molecule has 2 aliphatic rings. The van der Waals surface area contributed by atoms with Gasteiger partial charge in [-0.2, -0.15) is 0 Å². The van der Waals surface area contributed by atoms with E-state index in [9.17, 15) is 4.79 Å². The second-order valence-corrected chi connectivity index (χ2v) is 10.5. The van der Waals surface area contributed by atoms with E-state index in [0.29, 0.717) is 5.75 Å². The van der Waals surface area contributed by atoms with Crippen LogP contribution in [-0.2, 0) is 4.79 Å². The van der Waals surface area contributed by atoms with Gasteiger partial charge in [0.25, 0.3) is 0 Å².